The van der Waals surface area contributed by atoms with Gasteiger partial charge in [0.25, 0.3) is 0 Å². The molecule has 3 heteroatoms. The van der Waals surface area contributed by atoms with Crippen molar-refractivity contribution in [2.24, 2.45) is 0 Å². The number of nitrogens with zero attached hydrogens (tertiary/aromatic N) is 2. The Morgan fingerprint density at radius 1 is 1.06 bits per heavy atom. The summed E-state index contributed by atoms with van der Waals surface area (Å²) in [5.41, 5.74) is 8.12. The van der Waals surface area contributed by atoms with Gasteiger partial charge in [0.15, 0.2) is 0 Å². The summed E-state index contributed by atoms with van der Waals surface area (Å²) in [4.78, 5) is 8.20. The molecule has 0 fully saturated rings. The van der Waals surface area contributed by atoms with E-state index in [0.717, 1.165) is 6.42 Å². The molecule has 0 bridgehead atoms. The maximum Gasteiger partial charge on any atom is 0.123 e. The molecule has 18 heavy (non-hydrogen) atoms. The van der Waals surface area contributed by atoms with Crippen molar-refractivity contribution in [1.82, 2.24) is 9.97 Å². The van der Waals surface area contributed by atoms with Gasteiger partial charge < -0.3 is 5.73 Å². The molecule has 3 aromatic rings. The van der Waals surface area contributed by atoms with Crippen molar-refractivity contribution in [3.05, 3.63) is 66.1 Å². The van der Waals surface area contributed by atoms with E-state index in [4.69, 9.17) is 5.73 Å². The van der Waals surface area contributed by atoms with Crippen molar-refractivity contribution in [2.75, 3.05) is 5.73 Å². The zero-order valence-corrected chi connectivity index (χ0v) is 9.88. The van der Waals surface area contributed by atoms with E-state index in [0.29, 0.717) is 5.82 Å². The van der Waals surface area contributed by atoms with Gasteiger partial charge in [-0.3, -0.25) is 4.98 Å². The SMILES string of the molecule is Nc1cc(Cc2cccc3ccncc23)ccn1. The number of rotatable bonds is 2. The van der Waals surface area contributed by atoms with E-state index in [2.05, 4.69) is 28.2 Å². The first-order valence-corrected chi connectivity index (χ1v) is 5.85. The molecule has 0 radical (unpaired) electrons. The molecule has 0 saturated carbocycles. The molecular formula is C15H13N3. The number of hydrogen-bond donors (Lipinski definition) is 1. The maximum absolute atomic E-state index is 5.70. The lowest BCUT2D eigenvalue weighted by atomic mass is 10.0. The van der Waals surface area contributed by atoms with Crippen LogP contribution in [0.15, 0.2) is 55.0 Å². The molecule has 2 heterocycles. The van der Waals surface area contributed by atoms with Crippen molar-refractivity contribution < 1.29 is 0 Å². The number of fused-ring (bicyclic) bond motifs is 1. The molecule has 1 aromatic carbocycles. The van der Waals surface area contributed by atoms with Gasteiger partial charge in [0, 0.05) is 24.0 Å². The number of nitrogen functional groups attached to an aromatic ring is 1. The van der Waals surface area contributed by atoms with Crippen LogP contribution in [0.5, 0.6) is 0 Å². The van der Waals surface area contributed by atoms with Gasteiger partial charge >= 0.3 is 0 Å². The lowest BCUT2D eigenvalue weighted by Gasteiger charge is -2.06. The summed E-state index contributed by atoms with van der Waals surface area (Å²) in [6.07, 6.45) is 6.32. The first kappa shape index (κ1) is 10.7. The summed E-state index contributed by atoms with van der Waals surface area (Å²) in [6, 6.07) is 12.2. The van der Waals surface area contributed by atoms with Crippen LogP contribution in [0.1, 0.15) is 11.1 Å². The molecular weight excluding hydrogens is 222 g/mol. The topological polar surface area (TPSA) is 51.8 Å². The monoisotopic (exact) mass is 235 g/mol. The standard InChI is InChI=1S/C15H13N3/c16-15-9-11(4-7-18-15)8-13-3-1-2-12-5-6-17-10-14(12)13/h1-7,9-10H,8H2,(H2,16,18). The average Bonchev–Trinajstić information content (AvgIpc) is 2.39. The first-order valence-electron chi connectivity index (χ1n) is 5.85. The van der Waals surface area contributed by atoms with Crippen LogP contribution >= 0.6 is 0 Å². The molecule has 0 unspecified atom stereocenters. The molecule has 3 nitrogen and oxygen atoms in total. The lowest BCUT2D eigenvalue weighted by molar-refractivity contribution is 1.18. The number of nitrogens with two attached hydrogens (primary N) is 1. The third kappa shape index (κ3) is 2.02. The highest BCUT2D eigenvalue weighted by Gasteiger charge is 2.02. The Kier molecular flexibility index (Phi) is 2.65. The quantitative estimate of drug-likeness (QED) is 0.743. The fourth-order valence-electron chi connectivity index (χ4n) is 2.15. The maximum atomic E-state index is 5.70. The van der Waals surface area contributed by atoms with Crippen LogP contribution in [0.3, 0.4) is 0 Å². The highest BCUT2D eigenvalue weighted by atomic mass is 14.8. The molecule has 3 rings (SSSR count). The van der Waals surface area contributed by atoms with Gasteiger partial charge in [-0.25, -0.2) is 4.98 Å². The Bertz CT molecular complexity index is 687. The molecule has 0 atom stereocenters. The zero-order valence-electron chi connectivity index (χ0n) is 9.88. The molecule has 0 spiro atoms. The number of anilines is 1. The van der Waals surface area contributed by atoms with Crippen molar-refractivity contribution in [3.8, 4) is 0 Å². The van der Waals surface area contributed by atoms with Crippen molar-refractivity contribution in [3.63, 3.8) is 0 Å². The van der Waals surface area contributed by atoms with E-state index in [-0.39, 0.29) is 0 Å². The number of hydrogen-bond acceptors (Lipinski definition) is 3. The van der Waals surface area contributed by atoms with Crippen LogP contribution < -0.4 is 5.73 Å². The second-order valence-corrected chi connectivity index (χ2v) is 4.28. The number of pyridine rings is 2. The fourth-order valence-corrected chi connectivity index (χ4v) is 2.15. The van der Waals surface area contributed by atoms with Gasteiger partial charge in [-0.1, -0.05) is 18.2 Å². The van der Waals surface area contributed by atoms with Gasteiger partial charge in [0.1, 0.15) is 5.82 Å². The summed E-state index contributed by atoms with van der Waals surface area (Å²) >= 11 is 0. The number of aromatic nitrogens is 2. The van der Waals surface area contributed by atoms with E-state index in [1.54, 1.807) is 6.20 Å². The summed E-state index contributed by atoms with van der Waals surface area (Å²) in [5, 5.41) is 2.40. The predicted molar refractivity (Wildman–Crippen MR) is 73.2 cm³/mol. The third-order valence-corrected chi connectivity index (χ3v) is 3.01. The van der Waals surface area contributed by atoms with Gasteiger partial charge in [-0.15, -0.1) is 0 Å². The largest absolute Gasteiger partial charge is 0.384 e. The highest BCUT2D eigenvalue weighted by molar-refractivity contribution is 5.85. The molecule has 88 valence electrons. The minimum absolute atomic E-state index is 0.561. The van der Waals surface area contributed by atoms with Crippen molar-refractivity contribution in [2.45, 2.75) is 6.42 Å². The van der Waals surface area contributed by atoms with Crippen LogP contribution in [0.2, 0.25) is 0 Å². The van der Waals surface area contributed by atoms with E-state index in [1.807, 2.05) is 30.6 Å². The second-order valence-electron chi connectivity index (χ2n) is 4.28. The molecule has 2 N–H and O–H groups in total. The zero-order chi connectivity index (χ0) is 12.4. The smallest absolute Gasteiger partial charge is 0.123 e. The second kappa shape index (κ2) is 4.45. The average molecular weight is 235 g/mol. The summed E-state index contributed by atoms with van der Waals surface area (Å²) in [7, 11) is 0. The van der Waals surface area contributed by atoms with Crippen molar-refractivity contribution in [1.29, 1.82) is 0 Å². The number of benzene rings is 1. The normalized spacial score (nSPS) is 10.7. The molecule has 0 saturated heterocycles. The Balaban J connectivity index is 2.05. The van der Waals surface area contributed by atoms with Gasteiger partial charge in [0.05, 0.1) is 0 Å². The summed E-state index contributed by atoms with van der Waals surface area (Å²) in [5.74, 6) is 0.561. The van der Waals surface area contributed by atoms with Crippen molar-refractivity contribution >= 4 is 16.6 Å². The van der Waals surface area contributed by atoms with Crippen LogP contribution in [0.4, 0.5) is 5.82 Å². The molecule has 0 aliphatic rings. The van der Waals surface area contributed by atoms with E-state index in [1.165, 1.54) is 21.9 Å². The van der Waals surface area contributed by atoms with E-state index < -0.39 is 0 Å². The molecule has 0 aliphatic carbocycles. The van der Waals surface area contributed by atoms with E-state index in [9.17, 15) is 0 Å². The Morgan fingerprint density at radius 2 is 2.00 bits per heavy atom. The van der Waals surface area contributed by atoms with Gasteiger partial charge in [0.2, 0.25) is 0 Å². The highest BCUT2D eigenvalue weighted by Crippen LogP contribution is 2.20. The fraction of sp³-hybridized carbons (Fsp3) is 0.0667. The lowest BCUT2D eigenvalue weighted by Crippen LogP contribution is -1.94. The first-order chi connectivity index (χ1) is 8.83. The summed E-state index contributed by atoms with van der Waals surface area (Å²) < 4.78 is 0. The van der Waals surface area contributed by atoms with E-state index >= 15 is 0 Å². The third-order valence-electron chi connectivity index (χ3n) is 3.01. The predicted octanol–water partition coefficient (Wildman–Crippen LogP) is 2.80. The minimum Gasteiger partial charge on any atom is -0.384 e. The molecule has 2 aromatic heterocycles. The van der Waals surface area contributed by atoms with Crippen LogP contribution in [-0.4, -0.2) is 9.97 Å². The Morgan fingerprint density at radius 3 is 2.89 bits per heavy atom. The van der Waals surface area contributed by atoms with Crippen LogP contribution in [0.25, 0.3) is 10.8 Å². The Labute approximate surface area is 105 Å². The Hall–Kier alpha value is -2.42. The summed E-state index contributed by atoms with van der Waals surface area (Å²) in [6.45, 7) is 0. The molecule has 0 amide bonds. The van der Waals surface area contributed by atoms with Gasteiger partial charge in [-0.2, -0.15) is 0 Å². The van der Waals surface area contributed by atoms with Crippen LogP contribution in [0, 0.1) is 0 Å². The van der Waals surface area contributed by atoms with Crippen LogP contribution in [-0.2, 0) is 6.42 Å². The minimum atomic E-state index is 0.561. The molecule has 0 aliphatic heterocycles. The van der Waals surface area contributed by atoms with Gasteiger partial charge in [-0.05, 0) is 41.1 Å².